The average molecular weight is 289 g/mol. The highest BCUT2D eigenvalue weighted by molar-refractivity contribution is 5.85. The Kier molecular flexibility index (Phi) is 6.61. The van der Waals surface area contributed by atoms with Gasteiger partial charge in [-0.25, -0.2) is 0 Å². The largest absolute Gasteiger partial charge is 0.342 e. The molecule has 0 bridgehead atoms. The highest BCUT2D eigenvalue weighted by atomic mass is 35.5. The molecule has 0 radical (unpaired) electrons. The van der Waals surface area contributed by atoms with Crippen LogP contribution < -0.4 is 5.32 Å². The molecule has 1 saturated heterocycles. The van der Waals surface area contributed by atoms with E-state index in [9.17, 15) is 4.79 Å². The summed E-state index contributed by atoms with van der Waals surface area (Å²) in [6.07, 6.45) is 7.02. The molecule has 2 rings (SSSR count). The molecular weight excluding hydrogens is 260 g/mol. The van der Waals surface area contributed by atoms with E-state index in [1.807, 2.05) is 0 Å². The highest BCUT2D eigenvalue weighted by Gasteiger charge is 2.51. The fourth-order valence-corrected chi connectivity index (χ4v) is 3.84. The summed E-state index contributed by atoms with van der Waals surface area (Å²) in [7, 11) is 0. The van der Waals surface area contributed by atoms with Gasteiger partial charge in [0.25, 0.3) is 0 Å². The Labute approximate surface area is 123 Å². The fraction of sp³-hybridized carbons (Fsp3) is 0.933. The summed E-state index contributed by atoms with van der Waals surface area (Å²) in [6, 6.07) is 0. The number of nitrogens with one attached hydrogen (secondary N) is 1. The molecule has 19 heavy (non-hydrogen) atoms. The maximum absolute atomic E-state index is 13.0. The van der Waals surface area contributed by atoms with Crippen molar-refractivity contribution in [3.63, 3.8) is 0 Å². The summed E-state index contributed by atoms with van der Waals surface area (Å²) < 4.78 is 0. The van der Waals surface area contributed by atoms with Crippen LogP contribution in [0.3, 0.4) is 0 Å². The highest BCUT2D eigenvalue weighted by Crippen LogP contribution is 2.45. The topological polar surface area (TPSA) is 32.3 Å². The first-order valence-electron chi connectivity index (χ1n) is 7.74. The van der Waals surface area contributed by atoms with E-state index in [-0.39, 0.29) is 17.8 Å². The number of fused-ring (bicyclic) bond motifs is 1. The molecule has 112 valence electrons. The summed E-state index contributed by atoms with van der Waals surface area (Å²) in [6.45, 7) is 8.16. The summed E-state index contributed by atoms with van der Waals surface area (Å²) in [5.41, 5.74) is -0.0530. The van der Waals surface area contributed by atoms with Crippen molar-refractivity contribution in [1.82, 2.24) is 10.2 Å². The number of hydrogen-bond acceptors (Lipinski definition) is 2. The van der Waals surface area contributed by atoms with Gasteiger partial charge in [0.1, 0.15) is 0 Å². The van der Waals surface area contributed by atoms with Gasteiger partial charge in [0.15, 0.2) is 0 Å². The number of hydrogen-bond donors (Lipinski definition) is 1. The summed E-state index contributed by atoms with van der Waals surface area (Å²) in [4.78, 5) is 15.1. The zero-order chi connectivity index (χ0) is 13.0. The quantitative estimate of drug-likeness (QED) is 0.844. The van der Waals surface area contributed by atoms with Crippen molar-refractivity contribution in [2.24, 2.45) is 11.3 Å². The number of nitrogens with zero attached hydrogens (tertiary/aromatic N) is 1. The smallest absolute Gasteiger partial charge is 0.230 e. The molecule has 2 aliphatic rings. The second-order valence-corrected chi connectivity index (χ2v) is 6.02. The van der Waals surface area contributed by atoms with Gasteiger partial charge in [-0.1, -0.05) is 26.7 Å². The molecule has 1 heterocycles. The first-order chi connectivity index (χ1) is 8.74. The normalized spacial score (nSPS) is 29.5. The maximum atomic E-state index is 13.0. The van der Waals surface area contributed by atoms with E-state index in [4.69, 9.17) is 0 Å². The van der Waals surface area contributed by atoms with Crippen LogP contribution in [0, 0.1) is 11.3 Å². The van der Waals surface area contributed by atoms with Crippen LogP contribution in [0.25, 0.3) is 0 Å². The minimum Gasteiger partial charge on any atom is -0.342 e. The molecule has 0 aromatic rings. The third-order valence-corrected chi connectivity index (χ3v) is 4.74. The third kappa shape index (κ3) is 3.25. The van der Waals surface area contributed by atoms with Gasteiger partial charge in [-0.05, 0) is 38.1 Å². The van der Waals surface area contributed by atoms with Gasteiger partial charge in [0.2, 0.25) is 5.91 Å². The van der Waals surface area contributed by atoms with Crippen molar-refractivity contribution in [1.29, 1.82) is 0 Å². The summed E-state index contributed by atoms with van der Waals surface area (Å²) >= 11 is 0. The second-order valence-electron chi connectivity index (χ2n) is 6.02. The zero-order valence-corrected chi connectivity index (χ0v) is 13.2. The molecule has 2 fully saturated rings. The molecule has 1 aliphatic heterocycles. The van der Waals surface area contributed by atoms with Crippen LogP contribution in [0.15, 0.2) is 0 Å². The molecule has 0 spiro atoms. The second kappa shape index (κ2) is 7.49. The number of amides is 1. The Morgan fingerprint density at radius 2 is 1.95 bits per heavy atom. The third-order valence-electron chi connectivity index (χ3n) is 4.74. The maximum Gasteiger partial charge on any atom is 0.230 e. The van der Waals surface area contributed by atoms with Crippen LogP contribution in [-0.2, 0) is 4.79 Å². The standard InChI is InChI=1S/C15H28N2O.ClH/c1-3-9-17(10-4-2)14(18)15-8-6-5-7-13(15)11-16-12-15;/h13,16H,3-12H2,1-2H3;1H/t13-,15+;/m0./s1. The minimum absolute atomic E-state index is 0. The molecule has 1 saturated carbocycles. The van der Waals surface area contributed by atoms with Gasteiger partial charge in [-0.3, -0.25) is 4.79 Å². The van der Waals surface area contributed by atoms with E-state index in [0.29, 0.717) is 11.8 Å². The molecular formula is C15H29ClN2O. The molecule has 1 N–H and O–H groups in total. The van der Waals surface area contributed by atoms with Crippen LogP contribution in [-0.4, -0.2) is 37.0 Å². The Bertz CT molecular complexity index is 292. The van der Waals surface area contributed by atoms with E-state index < -0.39 is 0 Å². The Hall–Kier alpha value is -0.280. The van der Waals surface area contributed by atoms with Gasteiger partial charge in [0.05, 0.1) is 5.41 Å². The number of halogens is 1. The van der Waals surface area contributed by atoms with Crippen molar-refractivity contribution >= 4 is 18.3 Å². The van der Waals surface area contributed by atoms with Crippen molar-refractivity contribution in [3.8, 4) is 0 Å². The van der Waals surface area contributed by atoms with Crippen LogP contribution >= 0.6 is 12.4 Å². The molecule has 3 nitrogen and oxygen atoms in total. The van der Waals surface area contributed by atoms with Crippen LogP contribution in [0.2, 0.25) is 0 Å². The molecule has 0 unspecified atom stereocenters. The van der Waals surface area contributed by atoms with Crippen LogP contribution in [0.5, 0.6) is 0 Å². The zero-order valence-electron chi connectivity index (χ0n) is 12.4. The van der Waals surface area contributed by atoms with Crippen LogP contribution in [0.1, 0.15) is 52.4 Å². The summed E-state index contributed by atoms with van der Waals surface area (Å²) in [5.74, 6) is 1.04. The molecule has 0 aromatic carbocycles. The Morgan fingerprint density at radius 1 is 1.26 bits per heavy atom. The van der Waals surface area contributed by atoms with E-state index >= 15 is 0 Å². The SMILES string of the molecule is CCCN(CCC)C(=O)[C@@]12CCCC[C@H]1CNC2.Cl. The van der Waals surface area contributed by atoms with E-state index in [2.05, 4.69) is 24.1 Å². The van der Waals surface area contributed by atoms with Crippen molar-refractivity contribution in [3.05, 3.63) is 0 Å². The molecule has 4 heteroatoms. The monoisotopic (exact) mass is 288 g/mol. The lowest BCUT2D eigenvalue weighted by atomic mass is 9.67. The Morgan fingerprint density at radius 3 is 2.58 bits per heavy atom. The lowest BCUT2D eigenvalue weighted by molar-refractivity contribution is -0.145. The van der Waals surface area contributed by atoms with Gasteiger partial charge in [0, 0.05) is 19.6 Å². The molecule has 1 amide bonds. The van der Waals surface area contributed by atoms with E-state index in [0.717, 1.165) is 45.4 Å². The van der Waals surface area contributed by atoms with E-state index in [1.54, 1.807) is 0 Å². The van der Waals surface area contributed by atoms with Crippen molar-refractivity contribution < 1.29 is 4.79 Å². The minimum atomic E-state index is -0.0530. The number of carbonyl (C=O) groups is 1. The molecule has 0 aromatic heterocycles. The molecule has 1 aliphatic carbocycles. The first kappa shape index (κ1) is 16.8. The average Bonchev–Trinajstić information content (AvgIpc) is 2.82. The fourth-order valence-electron chi connectivity index (χ4n) is 3.84. The van der Waals surface area contributed by atoms with Crippen molar-refractivity contribution in [2.45, 2.75) is 52.4 Å². The number of rotatable bonds is 5. The number of carbonyl (C=O) groups excluding carboxylic acids is 1. The first-order valence-corrected chi connectivity index (χ1v) is 7.74. The van der Waals surface area contributed by atoms with Gasteiger partial charge in [-0.15, -0.1) is 12.4 Å². The van der Waals surface area contributed by atoms with Crippen LogP contribution in [0.4, 0.5) is 0 Å². The predicted molar refractivity (Wildman–Crippen MR) is 81.7 cm³/mol. The van der Waals surface area contributed by atoms with Gasteiger partial charge >= 0.3 is 0 Å². The Balaban J connectivity index is 0.00000180. The summed E-state index contributed by atoms with van der Waals surface area (Å²) in [5, 5.41) is 3.48. The lowest BCUT2D eigenvalue weighted by Gasteiger charge is -2.40. The predicted octanol–water partition coefficient (Wildman–Crippen LogP) is 2.84. The van der Waals surface area contributed by atoms with E-state index in [1.165, 1.54) is 19.3 Å². The van der Waals surface area contributed by atoms with Crippen molar-refractivity contribution in [2.75, 3.05) is 26.2 Å². The lowest BCUT2D eigenvalue weighted by Crippen LogP contribution is -2.50. The van der Waals surface area contributed by atoms with Gasteiger partial charge < -0.3 is 10.2 Å². The van der Waals surface area contributed by atoms with Gasteiger partial charge in [-0.2, -0.15) is 0 Å². The molecule has 2 atom stereocenters.